The van der Waals surface area contributed by atoms with Gasteiger partial charge in [-0.25, -0.2) is 9.97 Å². The van der Waals surface area contributed by atoms with Crippen molar-refractivity contribution in [1.82, 2.24) is 15.0 Å². The van der Waals surface area contributed by atoms with Crippen molar-refractivity contribution in [3.8, 4) is 17.7 Å². The van der Waals surface area contributed by atoms with Gasteiger partial charge in [0.05, 0.1) is 12.4 Å². The van der Waals surface area contributed by atoms with Gasteiger partial charge in [0.15, 0.2) is 11.4 Å². The molecule has 1 aromatic carbocycles. The van der Waals surface area contributed by atoms with Crippen molar-refractivity contribution >= 4 is 10.9 Å². The summed E-state index contributed by atoms with van der Waals surface area (Å²) in [5, 5.41) is 9.64. The Kier molecular flexibility index (Phi) is 2.75. The standard InChI is InChI=1S/C14H8N4O/c15-7-11-8-18-13(9-17-11)19-12-5-1-3-10-4-2-6-16-14(10)12/h1-6,8-9H. The molecule has 3 rings (SSSR count). The average molecular weight is 248 g/mol. The highest BCUT2D eigenvalue weighted by molar-refractivity contribution is 5.84. The Morgan fingerprint density at radius 3 is 2.68 bits per heavy atom. The van der Waals surface area contributed by atoms with Crippen molar-refractivity contribution in [2.75, 3.05) is 0 Å². The van der Waals surface area contributed by atoms with Crippen LogP contribution in [0.1, 0.15) is 5.69 Å². The van der Waals surface area contributed by atoms with Gasteiger partial charge in [-0.2, -0.15) is 5.26 Å². The zero-order valence-corrected chi connectivity index (χ0v) is 9.82. The van der Waals surface area contributed by atoms with Crippen LogP contribution in [0, 0.1) is 11.3 Å². The van der Waals surface area contributed by atoms with Gasteiger partial charge in [0.25, 0.3) is 0 Å². The summed E-state index contributed by atoms with van der Waals surface area (Å²) < 4.78 is 5.65. The van der Waals surface area contributed by atoms with E-state index in [2.05, 4.69) is 15.0 Å². The molecule has 0 N–H and O–H groups in total. The van der Waals surface area contributed by atoms with Gasteiger partial charge < -0.3 is 4.74 Å². The third-order valence-electron chi connectivity index (χ3n) is 2.55. The number of nitrogens with zero attached hydrogens (tertiary/aromatic N) is 4. The summed E-state index contributed by atoms with van der Waals surface area (Å²) in [4.78, 5) is 12.2. The molecular weight excluding hydrogens is 240 g/mol. The lowest BCUT2D eigenvalue weighted by molar-refractivity contribution is 0.464. The summed E-state index contributed by atoms with van der Waals surface area (Å²) in [7, 11) is 0. The number of hydrogen-bond donors (Lipinski definition) is 0. The molecule has 0 atom stereocenters. The molecule has 0 amide bonds. The lowest BCUT2D eigenvalue weighted by Crippen LogP contribution is -1.92. The zero-order chi connectivity index (χ0) is 13.1. The quantitative estimate of drug-likeness (QED) is 0.697. The van der Waals surface area contributed by atoms with Crippen molar-refractivity contribution in [2.24, 2.45) is 0 Å². The number of ether oxygens (including phenoxy) is 1. The third-order valence-corrected chi connectivity index (χ3v) is 2.55. The maximum absolute atomic E-state index is 8.66. The van der Waals surface area contributed by atoms with E-state index in [0.717, 1.165) is 10.9 Å². The molecule has 90 valence electrons. The molecule has 0 unspecified atom stereocenters. The van der Waals surface area contributed by atoms with Crippen molar-refractivity contribution in [3.05, 3.63) is 54.6 Å². The van der Waals surface area contributed by atoms with Crippen LogP contribution in [-0.2, 0) is 0 Å². The second-order valence-electron chi connectivity index (χ2n) is 3.79. The Balaban J connectivity index is 1.99. The van der Waals surface area contributed by atoms with Gasteiger partial charge in [0.2, 0.25) is 5.88 Å². The average Bonchev–Trinajstić information content (AvgIpc) is 2.48. The monoisotopic (exact) mass is 248 g/mol. The van der Waals surface area contributed by atoms with E-state index in [-0.39, 0.29) is 5.69 Å². The van der Waals surface area contributed by atoms with Crippen molar-refractivity contribution in [2.45, 2.75) is 0 Å². The Morgan fingerprint density at radius 1 is 1.00 bits per heavy atom. The molecule has 0 saturated carbocycles. The van der Waals surface area contributed by atoms with Crippen LogP contribution in [0.2, 0.25) is 0 Å². The van der Waals surface area contributed by atoms with Gasteiger partial charge in [-0.3, -0.25) is 4.98 Å². The summed E-state index contributed by atoms with van der Waals surface area (Å²) in [5.74, 6) is 0.939. The minimum Gasteiger partial charge on any atom is -0.435 e. The predicted octanol–water partition coefficient (Wildman–Crippen LogP) is 2.69. The first kappa shape index (κ1) is 11.1. The maximum atomic E-state index is 8.66. The van der Waals surface area contributed by atoms with Gasteiger partial charge >= 0.3 is 0 Å². The van der Waals surface area contributed by atoms with Crippen LogP contribution in [0.4, 0.5) is 0 Å². The number of hydrogen-bond acceptors (Lipinski definition) is 5. The molecule has 0 bridgehead atoms. The number of para-hydroxylation sites is 1. The number of pyridine rings is 1. The van der Waals surface area contributed by atoms with E-state index in [1.807, 2.05) is 36.4 Å². The molecule has 0 aliphatic heterocycles. The predicted molar refractivity (Wildman–Crippen MR) is 68.6 cm³/mol. The first-order chi connectivity index (χ1) is 9.36. The Bertz CT molecular complexity index is 757. The molecule has 0 aliphatic rings. The van der Waals surface area contributed by atoms with Crippen molar-refractivity contribution < 1.29 is 4.74 Å². The van der Waals surface area contributed by atoms with Crippen LogP contribution in [0.3, 0.4) is 0 Å². The first-order valence-corrected chi connectivity index (χ1v) is 5.60. The van der Waals surface area contributed by atoms with Crippen LogP contribution in [-0.4, -0.2) is 15.0 Å². The Morgan fingerprint density at radius 2 is 1.89 bits per heavy atom. The summed E-state index contributed by atoms with van der Waals surface area (Å²) >= 11 is 0. The normalized spacial score (nSPS) is 10.1. The van der Waals surface area contributed by atoms with E-state index in [9.17, 15) is 0 Å². The van der Waals surface area contributed by atoms with E-state index >= 15 is 0 Å². The van der Waals surface area contributed by atoms with E-state index < -0.39 is 0 Å². The smallest absolute Gasteiger partial charge is 0.238 e. The SMILES string of the molecule is N#Cc1cnc(Oc2cccc3cccnc23)cn1. The number of rotatable bonds is 2. The molecule has 0 fully saturated rings. The van der Waals surface area contributed by atoms with E-state index in [1.54, 1.807) is 6.20 Å². The van der Waals surface area contributed by atoms with Crippen LogP contribution in [0.25, 0.3) is 10.9 Å². The summed E-state index contributed by atoms with van der Waals surface area (Å²) in [6, 6.07) is 11.4. The van der Waals surface area contributed by atoms with Crippen molar-refractivity contribution in [1.29, 1.82) is 5.26 Å². The number of aromatic nitrogens is 3. The van der Waals surface area contributed by atoms with Crippen molar-refractivity contribution in [3.63, 3.8) is 0 Å². The number of benzene rings is 1. The highest BCUT2D eigenvalue weighted by Crippen LogP contribution is 2.26. The molecule has 2 aromatic heterocycles. The molecule has 0 aliphatic carbocycles. The molecule has 5 nitrogen and oxygen atoms in total. The van der Waals surface area contributed by atoms with E-state index in [4.69, 9.17) is 10.00 Å². The molecular formula is C14H8N4O. The van der Waals surface area contributed by atoms with Crippen LogP contribution >= 0.6 is 0 Å². The highest BCUT2D eigenvalue weighted by Gasteiger charge is 2.05. The minimum atomic E-state index is 0.253. The second kappa shape index (κ2) is 4.70. The number of nitriles is 1. The highest BCUT2D eigenvalue weighted by atomic mass is 16.5. The fourth-order valence-electron chi connectivity index (χ4n) is 1.70. The Labute approximate surface area is 109 Å². The zero-order valence-electron chi connectivity index (χ0n) is 9.82. The van der Waals surface area contributed by atoms with Crippen LogP contribution in [0.5, 0.6) is 11.6 Å². The molecule has 0 spiro atoms. The van der Waals surface area contributed by atoms with Gasteiger partial charge in [0.1, 0.15) is 11.6 Å². The first-order valence-electron chi connectivity index (χ1n) is 5.60. The summed E-state index contributed by atoms with van der Waals surface area (Å²) in [6.45, 7) is 0. The topological polar surface area (TPSA) is 71.7 Å². The van der Waals surface area contributed by atoms with E-state index in [1.165, 1.54) is 12.4 Å². The summed E-state index contributed by atoms with van der Waals surface area (Å²) in [6.07, 6.45) is 4.49. The largest absolute Gasteiger partial charge is 0.435 e. The number of fused-ring (bicyclic) bond motifs is 1. The van der Waals surface area contributed by atoms with Gasteiger partial charge in [-0.15, -0.1) is 0 Å². The lowest BCUT2D eigenvalue weighted by Gasteiger charge is -2.06. The molecule has 0 saturated heterocycles. The molecule has 19 heavy (non-hydrogen) atoms. The van der Waals surface area contributed by atoms with Crippen LogP contribution in [0.15, 0.2) is 48.9 Å². The maximum Gasteiger partial charge on any atom is 0.238 e. The van der Waals surface area contributed by atoms with Gasteiger partial charge in [-0.1, -0.05) is 18.2 Å². The molecule has 2 heterocycles. The lowest BCUT2D eigenvalue weighted by atomic mass is 10.2. The van der Waals surface area contributed by atoms with E-state index in [0.29, 0.717) is 11.6 Å². The minimum absolute atomic E-state index is 0.253. The molecule has 3 aromatic rings. The fourth-order valence-corrected chi connectivity index (χ4v) is 1.70. The Hall–Kier alpha value is -3.00. The second-order valence-corrected chi connectivity index (χ2v) is 3.79. The fraction of sp³-hybridized carbons (Fsp3) is 0. The van der Waals surface area contributed by atoms with Gasteiger partial charge in [-0.05, 0) is 12.1 Å². The molecule has 5 heteroatoms. The summed E-state index contributed by atoms with van der Waals surface area (Å²) in [5.41, 5.74) is 1.01. The molecule has 0 radical (unpaired) electrons. The third kappa shape index (κ3) is 2.19. The van der Waals surface area contributed by atoms with Crippen LogP contribution < -0.4 is 4.74 Å². The van der Waals surface area contributed by atoms with Gasteiger partial charge in [0, 0.05) is 11.6 Å².